The quantitative estimate of drug-likeness (QED) is 0.813. The molecule has 2 heterocycles. The van der Waals surface area contributed by atoms with Crippen LogP contribution in [0.4, 0.5) is 11.8 Å². The van der Waals surface area contributed by atoms with Crippen molar-refractivity contribution in [3.63, 3.8) is 0 Å². The predicted molar refractivity (Wildman–Crippen MR) is 107 cm³/mol. The fraction of sp³-hybridized carbons (Fsp3) is 0.421. The van der Waals surface area contributed by atoms with Crippen molar-refractivity contribution in [2.45, 2.75) is 39.2 Å². The van der Waals surface area contributed by atoms with Crippen LogP contribution in [0.25, 0.3) is 0 Å². The number of rotatable bonds is 4. The molecule has 1 aliphatic heterocycles. The van der Waals surface area contributed by atoms with E-state index >= 15 is 0 Å². The SMILES string of the molecule is Cc1cc(N2CCCCC2)nc(NC(=S)N[C@H](C)c2ccccc2)n1. The highest BCUT2D eigenvalue weighted by atomic mass is 32.1. The molecule has 5 nitrogen and oxygen atoms in total. The Morgan fingerprint density at radius 3 is 2.56 bits per heavy atom. The molecule has 0 aliphatic carbocycles. The molecule has 2 aromatic rings. The highest BCUT2D eigenvalue weighted by molar-refractivity contribution is 7.80. The first-order chi connectivity index (χ1) is 12.1. The van der Waals surface area contributed by atoms with Gasteiger partial charge in [-0.25, -0.2) is 4.98 Å². The molecule has 1 saturated heterocycles. The van der Waals surface area contributed by atoms with Crippen molar-refractivity contribution in [1.82, 2.24) is 15.3 Å². The number of hydrogen-bond donors (Lipinski definition) is 2. The molecule has 0 radical (unpaired) electrons. The molecular weight excluding hydrogens is 330 g/mol. The lowest BCUT2D eigenvalue weighted by molar-refractivity contribution is 0.573. The van der Waals surface area contributed by atoms with Crippen molar-refractivity contribution < 1.29 is 0 Å². The maximum atomic E-state index is 5.44. The molecule has 1 aliphatic rings. The standard InChI is InChI=1S/C19H25N5S/c1-14-13-17(24-11-7-4-8-12-24)22-18(20-14)23-19(25)21-15(2)16-9-5-3-6-10-16/h3,5-6,9-10,13,15H,4,7-8,11-12H2,1-2H3,(H2,20,21,22,23,25)/t15-/m1/s1. The van der Waals surface area contributed by atoms with Crippen LogP contribution in [0.2, 0.25) is 0 Å². The van der Waals surface area contributed by atoms with Gasteiger partial charge in [0.25, 0.3) is 0 Å². The molecule has 1 aromatic heterocycles. The van der Waals surface area contributed by atoms with E-state index in [1.807, 2.05) is 31.2 Å². The van der Waals surface area contributed by atoms with Crippen LogP contribution in [0.3, 0.4) is 0 Å². The first-order valence-electron chi connectivity index (χ1n) is 8.85. The highest BCUT2D eigenvalue weighted by Gasteiger charge is 2.14. The number of aryl methyl sites for hydroxylation is 1. The molecule has 0 spiro atoms. The number of nitrogens with zero attached hydrogens (tertiary/aromatic N) is 3. The molecule has 0 saturated carbocycles. The van der Waals surface area contributed by atoms with Gasteiger partial charge in [0.05, 0.1) is 6.04 Å². The lowest BCUT2D eigenvalue weighted by Crippen LogP contribution is -2.33. The van der Waals surface area contributed by atoms with E-state index in [2.05, 4.69) is 44.6 Å². The van der Waals surface area contributed by atoms with Crippen molar-refractivity contribution in [2.24, 2.45) is 0 Å². The van der Waals surface area contributed by atoms with Gasteiger partial charge in [-0.3, -0.25) is 0 Å². The van der Waals surface area contributed by atoms with E-state index in [1.54, 1.807) is 0 Å². The van der Waals surface area contributed by atoms with Gasteiger partial charge in [0, 0.05) is 24.8 Å². The van der Waals surface area contributed by atoms with E-state index in [1.165, 1.54) is 24.8 Å². The van der Waals surface area contributed by atoms with Crippen LogP contribution in [-0.2, 0) is 0 Å². The summed E-state index contributed by atoms with van der Waals surface area (Å²) in [5.41, 5.74) is 2.13. The Labute approximate surface area is 154 Å². The molecule has 0 amide bonds. The minimum atomic E-state index is 0.118. The van der Waals surface area contributed by atoms with E-state index in [4.69, 9.17) is 12.2 Å². The second-order valence-electron chi connectivity index (χ2n) is 6.47. The lowest BCUT2D eigenvalue weighted by atomic mass is 10.1. The summed E-state index contributed by atoms with van der Waals surface area (Å²) < 4.78 is 0. The third-order valence-corrected chi connectivity index (χ3v) is 4.61. The molecule has 1 atom stereocenters. The van der Waals surface area contributed by atoms with Crippen LogP contribution in [0.1, 0.15) is 43.5 Å². The van der Waals surface area contributed by atoms with Crippen LogP contribution in [0.5, 0.6) is 0 Å². The van der Waals surface area contributed by atoms with Gasteiger partial charge in [-0.2, -0.15) is 4.98 Å². The van der Waals surface area contributed by atoms with Crippen LogP contribution >= 0.6 is 12.2 Å². The minimum Gasteiger partial charge on any atom is -0.356 e. The van der Waals surface area contributed by atoms with Crippen molar-refractivity contribution in [1.29, 1.82) is 0 Å². The zero-order valence-electron chi connectivity index (χ0n) is 14.8. The Morgan fingerprint density at radius 1 is 1.12 bits per heavy atom. The van der Waals surface area contributed by atoms with Gasteiger partial charge in [0.15, 0.2) is 5.11 Å². The van der Waals surface area contributed by atoms with Crippen molar-refractivity contribution in [3.05, 3.63) is 47.7 Å². The zero-order chi connectivity index (χ0) is 17.6. The van der Waals surface area contributed by atoms with Crippen LogP contribution in [-0.4, -0.2) is 28.2 Å². The maximum absolute atomic E-state index is 5.44. The first-order valence-corrected chi connectivity index (χ1v) is 9.26. The van der Waals surface area contributed by atoms with E-state index in [9.17, 15) is 0 Å². The highest BCUT2D eigenvalue weighted by Crippen LogP contribution is 2.20. The van der Waals surface area contributed by atoms with Crippen LogP contribution in [0, 0.1) is 6.92 Å². The van der Waals surface area contributed by atoms with Gasteiger partial charge in [-0.1, -0.05) is 30.3 Å². The largest absolute Gasteiger partial charge is 0.356 e. The molecule has 25 heavy (non-hydrogen) atoms. The minimum absolute atomic E-state index is 0.118. The first kappa shape index (κ1) is 17.6. The normalized spacial score (nSPS) is 15.5. The number of piperidine rings is 1. The van der Waals surface area contributed by atoms with Gasteiger partial charge in [0.1, 0.15) is 5.82 Å². The summed E-state index contributed by atoms with van der Waals surface area (Å²) in [4.78, 5) is 11.5. The molecule has 0 bridgehead atoms. The number of anilines is 2. The van der Waals surface area contributed by atoms with E-state index in [0.29, 0.717) is 11.1 Å². The molecule has 2 N–H and O–H groups in total. The molecule has 3 rings (SSSR count). The molecule has 1 fully saturated rings. The summed E-state index contributed by atoms with van der Waals surface area (Å²) in [5, 5.41) is 6.96. The van der Waals surface area contributed by atoms with Gasteiger partial charge >= 0.3 is 0 Å². The molecule has 132 valence electrons. The summed E-state index contributed by atoms with van der Waals surface area (Å²) >= 11 is 5.44. The average molecular weight is 356 g/mol. The summed E-state index contributed by atoms with van der Waals surface area (Å²) in [6.45, 7) is 6.19. The van der Waals surface area contributed by atoms with Crippen molar-refractivity contribution in [2.75, 3.05) is 23.3 Å². The zero-order valence-corrected chi connectivity index (χ0v) is 15.6. The van der Waals surface area contributed by atoms with Gasteiger partial charge in [0.2, 0.25) is 5.95 Å². The van der Waals surface area contributed by atoms with E-state index < -0.39 is 0 Å². The van der Waals surface area contributed by atoms with E-state index in [0.717, 1.165) is 24.6 Å². The van der Waals surface area contributed by atoms with Crippen molar-refractivity contribution >= 4 is 29.1 Å². The summed E-state index contributed by atoms with van der Waals surface area (Å²) in [6, 6.07) is 12.4. The Bertz CT molecular complexity index is 713. The summed E-state index contributed by atoms with van der Waals surface area (Å²) in [5.74, 6) is 1.53. The Kier molecular flexibility index (Phi) is 5.81. The lowest BCUT2D eigenvalue weighted by Gasteiger charge is -2.28. The van der Waals surface area contributed by atoms with Crippen molar-refractivity contribution in [3.8, 4) is 0 Å². The number of nitrogens with one attached hydrogen (secondary N) is 2. The van der Waals surface area contributed by atoms with Crippen LogP contribution in [0.15, 0.2) is 36.4 Å². The maximum Gasteiger partial charge on any atom is 0.231 e. The Balaban J connectivity index is 1.65. The fourth-order valence-electron chi connectivity index (χ4n) is 3.05. The second-order valence-corrected chi connectivity index (χ2v) is 6.88. The number of thiocarbonyl (C=S) groups is 1. The number of benzene rings is 1. The Hall–Kier alpha value is -2.21. The van der Waals surface area contributed by atoms with Gasteiger partial charge < -0.3 is 15.5 Å². The topological polar surface area (TPSA) is 53.1 Å². The summed E-state index contributed by atoms with van der Waals surface area (Å²) in [7, 11) is 0. The van der Waals surface area contributed by atoms with E-state index in [-0.39, 0.29) is 6.04 Å². The molecule has 6 heteroatoms. The third-order valence-electron chi connectivity index (χ3n) is 4.39. The Morgan fingerprint density at radius 2 is 1.84 bits per heavy atom. The van der Waals surface area contributed by atoms with Gasteiger partial charge in [-0.15, -0.1) is 0 Å². The van der Waals surface area contributed by atoms with Crippen LogP contribution < -0.4 is 15.5 Å². The number of aromatic nitrogens is 2. The average Bonchev–Trinajstić information content (AvgIpc) is 2.62. The molecular formula is C19H25N5S. The third kappa shape index (κ3) is 4.89. The smallest absolute Gasteiger partial charge is 0.231 e. The number of hydrogen-bond acceptors (Lipinski definition) is 4. The summed E-state index contributed by atoms with van der Waals surface area (Å²) in [6.07, 6.45) is 3.75. The molecule has 0 unspecified atom stereocenters. The van der Waals surface area contributed by atoms with Gasteiger partial charge in [-0.05, 0) is 50.9 Å². The molecule has 1 aromatic carbocycles. The monoisotopic (exact) mass is 355 g/mol. The predicted octanol–water partition coefficient (Wildman–Crippen LogP) is 3.82. The second kappa shape index (κ2) is 8.25. The fourth-order valence-corrected chi connectivity index (χ4v) is 3.32.